The second kappa shape index (κ2) is 14.3. The van der Waals surface area contributed by atoms with Crippen LogP contribution in [0.2, 0.25) is 0 Å². The summed E-state index contributed by atoms with van der Waals surface area (Å²) in [6.45, 7) is 11.2. The zero-order valence-electron chi connectivity index (χ0n) is 25.0. The molecule has 3 aromatic rings. The summed E-state index contributed by atoms with van der Waals surface area (Å²) in [5.74, 6) is -0.247. The summed E-state index contributed by atoms with van der Waals surface area (Å²) < 4.78 is 10.8. The minimum atomic E-state index is -0.849. The maximum Gasteiger partial charge on any atom is 0.413 e. The molecule has 0 saturated carbocycles. The topological polar surface area (TPSA) is 130 Å². The molecule has 3 rings (SSSR count). The van der Waals surface area contributed by atoms with E-state index in [4.69, 9.17) is 9.47 Å². The Morgan fingerprint density at radius 2 is 1.57 bits per heavy atom. The summed E-state index contributed by atoms with van der Waals surface area (Å²) in [7, 11) is 0. The number of benzene rings is 2. The summed E-state index contributed by atoms with van der Waals surface area (Å²) in [4.78, 5) is 43.2. The first-order valence-corrected chi connectivity index (χ1v) is 14.6. The van der Waals surface area contributed by atoms with Crippen LogP contribution in [-0.4, -0.2) is 57.4 Å². The van der Waals surface area contributed by atoms with Crippen molar-refractivity contribution < 1.29 is 29.0 Å². The average molecular weight is 597 g/mol. The molecule has 10 nitrogen and oxygen atoms in total. The van der Waals surface area contributed by atoms with Gasteiger partial charge in [0, 0.05) is 17.6 Å². The van der Waals surface area contributed by atoms with Crippen molar-refractivity contribution in [1.29, 1.82) is 0 Å². The SMILES string of the molecule is CC(C)(C)OC(=O)Nc1nc(CC(=O)Nc2ccc(CCN(C[C@H](O)c3ccccc3)C(=O)OC(C)(C)C)cc2)cs1. The van der Waals surface area contributed by atoms with E-state index in [2.05, 4.69) is 15.6 Å². The molecule has 226 valence electrons. The van der Waals surface area contributed by atoms with Gasteiger partial charge in [0.05, 0.1) is 24.8 Å². The number of carbonyl (C=O) groups is 3. The number of aromatic nitrogens is 1. The number of nitrogens with one attached hydrogen (secondary N) is 2. The molecule has 0 radical (unpaired) electrons. The highest BCUT2D eigenvalue weighted by Gasteiger charge is 2.24. The fourth-order valence-electron chi connectivity index (χ4n) is 3.80. The average Bonchev–Trinajstić information content (AvgIpc) is 3.31. The third kappa shape index (κ3) is 11.5. The number of carbonyl (C=O) groups excluding carboxylic acids is 3. The number of aliphatic hydroxyl groups excluding tert-OH is 1. The highest BCUT2D eigenvalue weighted by Crippen LogP contribution is 2.20. The largest absolute Gasteiger partial charge is 0.444 e. The summed E-state index contributed by atoms with van der Waals surface area (Å²) in [6, 6.07) is 16.5. The van der Waals surface area contributed by atoms with Crippen molar-refractivity contribution >= 4 is 40.2 Å². The van der Waals surface area contributed by atoms with Crippen molar-refractivity contribution in [2.24, 2.45) is 0 Å². The molecule has 1 heterocycles. The van der Waals surface area contributed by atoms with E-state index < -0.39 is 29.5 Å². The van der Waals surface area contributed by atoms with Crippen molar-refractivity contribution in [3.63, 3.8) is 0 Å². The molecule has 0 aliphatic heterocycles. The highest BCUT2D eigenvalue weighted by atomic mass is 32.1. The van der Waals surface area contributed by atoms with Crippen LogP contribution in [0, 0.1) is 0 Å². The van der Waals surface area contributed by atoms with Crippen LogP contribution in [0.4, 0.5) is 20.4 Å². The molecular formula is C31H40N4O6S. The zero-order chi connectivity index (χ0) is 30.9. The maximum atomic E-state index is 12.9. The van der Waals surface area contributed by atoms with Crippen molar-refractivity contribution in [2.75, 3.05) is 23.7 Å². The van der Waals surface area contributed by atoms with Gasteiger partial charge >= 0.3 is 12.2 Å². The Bertz CT molecular complexity index is 1330. The number of aliphatic hydroxyl groups is 1. The molecule has 0 fully saturated rings. The van der Waals surface area contributed by atoms with Gasteiger partial charge in [-0.2, -0.15) is 0 Å². The monoisotopic (exact) mass is 596 g/mol. The summed E-state index contributed by atoms with van der Waals surface area (Å²) in [5, 5.41) is 18.2. The number of nitrogens with zero attached hydrogens (tertiary/aromatic N) is 2. The molecule has 2 aromatic carbocycles. The number of rotatable bonds is 10. The number of anilines is 2. The fraction of sp³-hybridized carbons (Fsp3) is 0.419. The molecule has 0 unspecified atom stereocenters. The van der Waals surface area contributed by atoms with Gasteiger partial charge in [0.2, 0.25) is 5.91 Å². The molecule has 1 atom stereocenters. The van der Waals surface area contributed by atoms with Crippen LogP contribution in [0.5, 0.6) is 0 Å². The van der Waals surface area contributed by atoms with Gasteiger partial charge in [-0.1, -0.05) is 42.5 Å². The minimum absolute atomic E-state index is 0.0445. The standard InChI is InChI=1S/C31H40N4O6S/c1-30(2,3)40-28(38)34-27-33-24(20-42-27)18-26(37)32-23-14-12-21(13-15-23)16-17-35(29(39)41-31(4,5)6)19-25(36)22-10-8-7-9-11-22/h7-15,20,25,36H,16-19H2,1-6H3,(H,32,37)(H,33,34,38)/t25-/m0/s1. The first-order chi connectivity index (χ1) is 19.7. The lowest BCUT2D eigenvalue weighted by Crippen LogP contribution is -2.40. The van der Waals surface area contributed by atoms with Crippen LogP contribution < -0.4 is 10.6 Å². The van der Waals surface area contributed by atoms with Crippen molar-refractivity contribution in [1.82, 2.24) is 9.88 Å². The Hall–Kier alpha value is -3.96. The molecule has 11 heteroatoms. The molecule has 42 heavy (non-hydrogen) atoms. The Morgan fingerprint density at radius 1 is 0.929 bits per heavy atom. The summed E-state index contributed by atoms with van der Waals surface area (Å²) in [6.07, 6.45) is -1.37. The van der Waals surface area contributed by atoms with Gasteiger partial charge in [0.25, 0.3) is 0 Å². The maximum absolute atomic E-state index is 12.9. The normalized spacial score (nSPS) is 12.3. The van der Waals surface area contributed by atoms with E-state index in [1.54, 1.807) is 59.1 Å². The highest BCUT2D eigenvalue weighted by molar-refractivity contribution is 7.13. The Balaban J connectivity index is 1.54. The van der Waals surface area contributed by atoms with E-state index in [0.29, 0.717) is 29.5 Å². The van der Waals surface area contributed by atoms with Crippen LogP contribution in [0.25, 0.3) is 0 Å². The number of hydrogen-bond acceptors (Lipinski definition) is 8. The van der Waals surface area contributed by atoms with Crippen LogP contribution in [0.15, 0.2) is 60.0 Å². The molecular weight excluding hydrogens is 556 g/mol. The van der Waals surface area contributed by atoms with Crippen molar-refractivity contribution in [3.05, 3.63) is 76.8 Å². The summed E-state index contributed by atoms with van der Waals surface area (Å²) >= 11 is 1.21. The molecule has 0 aliphatic rings. The predicted octanol–water partition coefficient (Wildman–Crippen LogP) is 6.18. The minimum Gasteiger partial charge on any atom is -0.444 e. The van der Waals surface area contributed by atoms with E-state index in [-0.39, 0.29) is 18.9 Å². The number of thiazole rings is 1. The molecule has 1 aromatic heterocycles. The Morgan fingerprint density at radius 3 is 2.19 bits per heavy atom. The third-order valence-corrected chi connectivity index (χ3v) is 6.45. The molecule has 0 bridgehead atoms. The van der Waals surface area contributed by atoms with E-state index in [9.17, 15) is 19.5 Å². The van der Waals surface area contributed by atoms with Gasteiger partial charge in [-0.15, -0.1) is 11.3 Å². The molecule has 0 aliphatic carbocycles. The molecule has 0 saturated heterocycles. The Labute approximate surface area is 251 Å². The van der Waals surface area contributed by atoms with Gasteiger partial charge in [-0.25, -0.2) is 14.6 Å². The predicted molar refractivity (Wildman–Crippen MR) is 164 cm³/mol. The van der Waals surface area contributed by atoms with Crippen LogP contribution in [0.3, 0.4) is 0 Å². The fourth-order valence-corrected chi connectivity index (χ4v) is 4.49. The second-order valence-corrected chi connectivity index (χ2v) is 12.7. The lowest BCUT2D eigenvalue weighted by molar-refractivity contribution is -0.115. The van der Waals surface area contributed by atoms with Crippen LogP contribution in [0.1, 0.15) is 64.5 Å². The number of amides is 3. The lowest BCUT2D eigenvalue weighted by atomic mass is 10.1. The summed E-state index contributed by atoms with van der Waals surface area (Å²) in [5.41, 5.74) is 1.53. The van der Waals surface area contributed by atoms with Crippen LogP contribution in [-0.2, 0) is 27.1 Å². The van der Waals surface area contributed by atoms with Gasteiger partial charge < -0.3 is 24.8 Å². The zero-order valence-corrected chi connectivity index (χ0v) is 25.8. The van der Waals surface area contributed by atoms with Crippen LogP contribution >= 0.6 is 11.3 Å². The van der Waals surface area contributed by atoms with E-state index in [1.807, 2.05) is 42.5 Å². The van der Waals surface area contributed by atoms with Gasteiger partial charge in [0.1, 0.15) is 11.2 Å². The first kappa shape index (κ1) is 32.6. The van der Waals surface area contributed by atoms with Crippen molar-refractivity contribution in [3.8, 4) is 0 Å². The second-order valence-electron chi connectivity index (χ2n) is 11.8. The third-order valence-electron chi connectivity index (χ3n) is 5.64. The van der Waals surface area contributed by atoms with E-state index in [1.165, 1.54) is 16.2 Å². The smallest absolute Gasteiger partial charge is 0.413 e. The first-order valence-electron chi connectivity index (χ1n) is 13.7. The Kier molecular flexibility index (Phi) is 11.1. The van der Waals surface area contributed by atoms with Crippen molar-refractivity contribution in [2.45, 2.75) is 71.7 Å². The lowest BCUT2D eigenvalue weighted by Gasteiger charge is -2.29. The van der Waals surface area contributed by atoms with Gasteiger partial charge in [-0.05, 0) is 71.2 Å². The molecule has 3 amide bonds. The number of hydrogen-bond donors (Lipinski definition) is 3. The quantitative estimate of drug-likeness (QED) is 0.255. The molecule has 0 spiro atoms. The van der Waals surface area contributed by atoms with Gasteiger partial charge in [-0.3, -0.25) is 10.1 Å². The van der Waals surface area contributed by atoms with Gasteiger partial charge in [0.15, 0.2) is 5.13 Å². The number of ether oxygens (including phenoxy) is 2. The molecule has 3 N–H and O–H groups in total. The van der Waals surface area contributed by atoms with E-state index in [0.717, 1.165) is 11.1 Å². The van der Waals surface area contributed by atoms with E-state index >= 15 is 0 Å².